The standard InChI is InChI=1S/C15H8Cl3F3N2O3/c16-9-3-1-2-8(12(9)18)14(25)26-6-11(24)23-13-10(17)4-7(5-22-13)15(19,20)21/h1-5H,6H2,(H,22,23,24). The number of ether oxygens (including phenoxy) is 1. The minimum atomic E-state index is -4.62. The summed E-state index contributed by atoms with van der Waals surface area (Å²) < 4.78 is 42.4. The SMILES string of the molecule is O=C(COC(=O)c1cccc(Cl)c1Cl)Nc1ncc(C(F)(F)F)cc1Cl. The molecule has 0 saturated carbocycles. The zero-order valence-electron chi connectivity index (χ0n) is 12.5. The third-order valence-electron chi connectivity index (χ3n) is 2.93. The van der Waals surface area contributed by atoms with Crippen molar-refractivity contribution in [3.8, 4) is 0 Å². The van der Waals surface area contributed by atoms with Crippen molar-refractivity contribution in [2.24, 2.45) is 0 Å². The Hall–Kier alpha value is -2.03. The largest absolute Gasteiger partial charge is 0.452 e. The van der Waals surface area contributed by atoms with Gasteiger partial charge in [0.2, 0.25) is 0 Å². The number of hydrogen-bond donors (Lipinski definition) is 1. The maximum Gasteiger partial charge on any atom is 0.417 e. The van der Waals surface area contributed by atoms with Gasteiger partial charge in [0.1, 0.15) is 0 Å². The van der Waals surface area contributed by atoms with Gasteiger partial charge in [0.15, 0.2) is 12.4 Å². The number of carbonyl (C=O) groups excluding carboxylic acids is 2. The molecule has 11 heteroatoms. The molecule has 1 heterocycles. The lowest BCUT2D eigenvalue weighted by atomic mass is 10.2. The molecule has 2 rings (SSSR count). The van der Waals surface area contributed by atoms with Crippen LogP contribution in [0, 0.1) is 0 Å². The van der Waals surface area contributed by atoms with Crippen LogP contribution in [0.1, 0.15) is 15.9 Å². The fourth-order valence-electron chi connectivity index (χ4n) is 1.72. The highest BCUT2D eigenvalue weighted by molar-refractivity contribution is 6.43. The number of nitrogens with zero attached hydrogens (tertiary/aromatic N) is 1. The van der Waals surface area contributed by atoms with E-state index in [1.807, 2.05) is 0 Å². The van der Waals surface area contributed by atoms with Crippen molar-refractivity contribution in [3.05, 3.63) is 56.7 Å². The molecule has 0 unspecified atom stereocenters. The van der Waals surface area contributed by atoms with Crippen molar-refractivity contribution in [1.29, 1.82) is 0 Å². The smallest absolute Gasteiger partial charge is 0.417 e. The zero-order valence-corrected chi connectivity index (χ0v) is 14.8. The van der Waals surface area contributed by atoms with Crippen molar-refractivity contribution < 1.29 is 27.5 Å². The van der Waals surface area contributed by atoms with Crippen molar-refractivity contribution in [2.45, 2.75) is 6.18 Å². The van der Waals surface area contributed by atoms with Gasteiger partial charge in [-0.15, -0.1) is 0 Å². The van der Waals surface area contributed by atoms with Crippen molar-refractivity contribution in [1.82, 2.24) is 4.98 Å². The minimum Gasteiger partial charge on any atom is -0.452 e. The van der Waals surface area contributed by atoms with Gasteiger partial charge in [-0.2, -0.15) is 13.2 Å². The van der Waals surface area contributed by atoms with Crippen LogP contribution < -0.4 is 5.32 Å². The van der Waals surface area contributed by atoms with Gasteiger partial charge < -0.3 is 10.1 Å². The summed E-state index contributed by atoms with van der Waals surface area (Å²) in [5, 5.41) is 1.81. The van der Waals surface area contributed by atoms with Gasteiger partial charge in [-0.05, 0) is 18.2 Å². The van der Waals surface area contributed by atoms with E-state index in [4.69, 9.17) is 39.5 Å². The predicted octanol–water partition coefficient (Wildman–Crippen LogP) is 4.86. The van der Waals surface area contributed by atoms with Crippen LogP contribution in [-0.2, 0) is 15.7 Å². The van der Waals surface area contributed by atoms with E-state index >= 15 is 0 Å². The fourth-order valence-corrected chi connectivity index (χ4v) is 2.31. The minimum absolute atomic E-state index is 0.0352. The second kappa shape index (κ2) is 8.11. The lowest BCUT2D eigenvalue weighted by Gasteiger charge is -2.10. The molecule has 1 N–H and O–H groups in total. The monoisotopic (exact) mass is 426 g/mol. The molecule has 0 radical (unpaired) electrons. The van der Waals surface area contributed by atoms with Crippen LogP contribution in [0.2, 0.25) is 15.1 Å². The molecule has 138 valence electrons. The maximum atomic E-state index is 12.5. The third kappa shape index (κ3) is 5.00. The molecule has 1 aromatic carbocycles. The summed E-state index contributed by atoms with van der Waals surface area (Å²) in [5.74, 6) is -2.06. The Morgan fingerprint density at radius 3 is 2.46 bits per heavy atom. The number of anilines is 1. The second-order valence-electron chi connectivity index (χ2n) is 4.78. The lowest BCUT2D eigenvalue weighted by molar-refractivity contribution is -0.137. The molecule has 0 aliphatic carbocycles. The Bertz CT molecular complexity index is 860. The van der Waals surface area contributed by atoms with E-state index in [0.29, 0.717) is 12.3 Å². The number of rotatable bonds is 4. The number of esters is 1. The van der Waals surface area contributed by atoms with Gasteiger partial charge in [0.25, 0.3) is 5.91 Å². The summed E-state index contributed by atoms with van der Waals surface area (Å²) in [5.41, 5.74) is -1.11. The first kappa shape index (κ1) is 20.3. The van der Waals surface area contributed by atoms with Gasteiger partial charge in [-0.1, -0.05) is 40.9 Å². The number of carbonyl (C=O) groups is 2. The molecule has 0 saturated heterocycles. The van der Waals surface area contributed by atoms with Crippen LogP contribution in [-0.4, -0.2) is 23.5 Å². The summed E-state index contributed by atoms with van der Waals surface area (Å²) in [6, 6.07) is 4.90. The highest BCUT2D eigenvalue weighted by Gasteiger charge is 2.31. The van der Waals surface area contributed by atoms with E-state index in [-0.39, 0.29) is 21.4 Å². The second-order valence-corrected chi connectivity index (χ2v) is 5.97. The number of hydrogen-bond acceptors (Lipinski definition) is 4. The van der Waals surface area contributed by atoms with E-state index in [1.165, 1.54) is 18.2 Å². The van der Waals surface area contributed by atoms with Crippen molar-refractivity contribution in [2.75, 3.05) is 11.9 Å². The van der Waals surface area contributed by atoms with Crippen LogP contribution >= 0.6 is 34.8 Å². The normalized spacial score (nSPS) is 11.2. The molecule has 0 atom stereocenters. The van der Waals surface area contributed by atoms with E-state index in [1.54, 1.807) is 0 Å². The predicted molar refractivity (Wildman–Crippen MR) is 89.6 cm³/mol. The van der Waals surface area contributed by atoms with Crippen LogP contribution in [0.15, 0.2) is 30.5 Å². The molecule has 5 nitrogen and oxygen atoms in total. The zero-order chi connectivity index (χ0) is 19.5. The molecule has 0 fully saturated rings. The number of nitrogens with one attached hydrogen (secondary N) is 1. The molecule has 1 amide bonds. The molecule has 0 aliphatic rings. The highest BCUT2D eigenvalue weighted by Crippen LogP contribution is 2.32. The quantitative estimate of drug-likeness (QED) is 0.708. The van der Waals surface area contributed by atoms with Crippen LogP contribution in [0.25, 0.3) is 0 Å². The van der Waals surface area contributed by atoms with E-state index < -0.39 is 35.2 Å². The summed E-state index contributed by atoms with van der Waals surface area (Å²) in [4.78, 5) is 27.1. The number of aromatic nitrogens is 1. The summed E-state index contributed by atoms with van der Waals surface area (Å²) >= 11 is 17.3. The van der Waals surface area contributed by atoms with Gasteiger partial charge in [0, 0.05) is 6.20 Å². The van der Waals surface area contributed by atoms with Gasteiger partial charge >= 0.3 is 12.1 Å². The van der Waals surface area contributed by atoms with Crippen LogP contribution in [0.3, 0.4) is 0 Å². The topological polar surface area (TPSA) is 68.3 Å². The molecule has 26 heavy (non-hydrogen) atoms. The molecular formula is C15H8Cl3F3N2O3. The first-order valence-electron chi connectivity index (χ1n) is 6.73. The third-order valence-corrected chi connectivity index (χ3v) is 4.04. The lowest BCUT2D eigenvalue weighted by Crippen LogP contribution is -2.22. The average molecular weight is 428 g/mol. The summed E-state index contributed by atoms with van der Waals surface area (Å²) in [6.07, 6.45) is -4.11. The first-order chi connectivity index (χ1) is 12.1. The average Bonchev–Trinajstić information content (AvgIpc) is 2.56. The van der Waals surface area contributed by atoms with E-state index in [9.17, 15) is 22.8 Å². The summed E-state index contributed by atoms with van der Waals surface area (Å²) in [7, 11) is 0. The summed E-state index contributed by atoms with van der Waals surface area (Å²) in [6.45, 7) is -0.735. The molecule has 0 spiro atoms. The number of amides is 1. The van der Waals surface area contributed by atoms with Gasteiger partial charge in [0.05, 0.1) is 26.2 Å². The number of halogens is 6. The van der Waals surface area contributed by atoms with Crippen molar-refractivity contribution in [3.63, 3.8) is 0 Å². The Morgan fingerprint density at radius 1 is 1.15 bits per heavy atom. The van der Waals surface area contributed by atoms with Crippen LogP contribution in [0.4, 0.5) is 19.0 Å². The molecule has 0 aliphatic heterocycles. The van der Waals surface area contributed by atoms with Gasteiger partial charge in [-0.25, -0.2) is 9.78 Å². The number of alkyl halides is 3. The maximum absolute atomic E-state index is 12.5. The Kier molecular flexibility index (Phi) is 6.33. The fraction of sp³-hybridized carbons (Fsp3) is 0.133. The molecular weight excluding hydrogens is 420 g/mol. The Balaban J connectivity index is 1.99. The molecule has 2 aromatic rings. The van der Waals surface area contributed by atoms with Crippen LogP contribution in [0.5, 0.6) is 0 Å². The molecule has 1 aromatic heterocycles. The Morgan fingerprint density at radius 2 is 1.85 bits per heavy atom. The van der Waals surface area contributed by atoms with Crippen molar-refractivity contribution >= 4 is 52.5 Å². The number of benzene rings is 1. The molecule has 0 bridgehead atoms. The first-order valence-corrected chi connectivity index (χ1v) is 7.86. The highest BCUT2D eigenvalue weighted by atomic mass is 35.5. The Labute approximate surface area is 160 Å². The van der Waals surface area contributed by atoms with Gasteiger partial charge in [-0.3, -0.25) is 4.79 Å². The number of pyridine rings is 1. The van der Waals surface area contributed by atoms with E-state index in [0.717, 1.165) is 0 Å². The van der Waals surface area contributed by atoms with E-state index in [2.05, 4.69) is 10.3 Å².